The second-order valence-corrected chi connectivity index (χ2v) is 15.9. The largest absolute Gasteiger partial charge is 0.508 e. The van der Waals surface area contributed by atoms with Gasteiger partial charge in [-0.15, -0.1) is 0 Å². The first kappa shape index (κ1) is 41.2. The van der Waals surface area contributed by atoms with Crippen LogP contribution in [0.3, 0.4) is 0 Å². The van der Waals surface area contributed by atoms with Crippen LogP contribution in [0.5, 0.6) is 5.75 Å². The number of anilines is 2. The van der Waals surface area contributed by atoms with Gasteiger partial charge in [-0.3, -0.25) is 29.0 Å². The Hall–Kier alpha value is -6.40. The van der Waals surface area contributed by atoms with E-state index in [1.54, 1.807) is 64.0 Å². The molecule has 0 aliphatic heterocycles. The van der Waals surface area contributed by atoms with Gasteiger partial charge in [-0.05, 0) is 77.4 Å². The fourth-order valence-electron chi connectivity index (χ4n) is 8.06. The minimum absolute atomic E-state index is 0.0222. The molecule has 18 heteroatoms. The van der Waals surface area contributed by atoms with Crippen molar-refractivity contribution in [2.75, 3.05) is 51.7 Å². The van der Waals surface area contributed by atoms with Crippen LogP contribution in [0, 0.1) is 11.8 Å². The molecule has 0 radical (unpaired) electrons. The van der Waals surface area contributed by atoms with Crippen molar-refractivity contribution in [2.24, 2.45) is 17.6 Å². The first-order chi connectivity index (χ1) is 27.1. The predicted molar refractivity (Wildman–Crippen MR) is 207 cm³/mol. The Morgan fingerprint density at radius 3 is 2.29 bits per heavy atom. The summed E-state index contributed by atoms with van der Waals surface area (Å²) in [6.45, 7) is 3.48. The molecule has 4 atom stereocenters. The van der Waals surface area contributed by atoms with Gasteiger partial charge < -0.3 is 50.3 Å². The van der Waals surface area contributed by atoms with Crippen LogP contribution in [0.4, 0.5) is 16.2 Å². The number of Topliss-reactive ketones (excluding diaryl/α,β-unsaturated/α-hetero) is 2. The maximum atomic E-state index is 14.3. The number of ether oxygens (including phenoxy) is 2. The van der Waals surface area contributed by atoms with E-state index in [4.69, 9.17) is 19.6 Å². The number of amides is 3. The molecule has 0 unspecified atom stereocenters. The van der Waals surface area contributed by atoms with Crippen LogP contribution in [0.2, 0.25) is 0 Å². The van der Waals surface area contributed by atoms with Gasteiger partial charge in [-0.2, -0.15) is 0 Å². The number of aromatic hydroxyl groups is 1. The van der Waals surface area contributed by atoms with Gasteiger partial charge in [0, 0.05) is 42.2 Å². The Labute approximate surface area is 332 Å². The highest BCUT2D eigenvalue weighted by Gasteiger charge is 2.64. The molecule has 3 aromatic rings. The number of nitrogens with one attached hydrogen (secondary N) is 1. The molecule has 0 spiro atoms. The monoisotopic (exact) mass is 803 g/mol. The van der Waals surface area contributed by atoms with Crippen LogP contribution in [-0.2, 0) is 35.1 Å². The summed E-state index contributed by atoms with van der Waals surface area (Å²) in [7, 11) is 6.37. The molecule has 58 heavy (non-hydrogen) atoms. The molecule has 0 bridgehead atoms. The van der Waals surface area contributed by atoms with Gasteiger partial charge in [-0.1, -0.05) is 18.2 Å². The van der Waals surface area contributed by atoms with E-state index >= 15 is 0 Å². The number of primary amides is 1. The summed E-state index contributed by atoms with van der Waals surface area (Å²) in [4.78, 5) is 83.5. The Balaban J connectivity index is 1.26. The molecule has 18 nitrogen and oxygen atoms in total. The summed E-state index contributed by atoms with van der Waals surface area (Å²) in [5.74, 6) is -9.86. The number of fused-ring (bicyclic) bond motifs is 4. The van der Waals surface area contributed by atoms with Crippen LogP contribution in [0.15, 0.2) is 57.7 Å². The number of phenolic OH excluding ortho intramolecular Hbond substituents is 1. The minimum Gasteiger partial charge on any atom is -0.508 e. The Bertz CT molecular complexity index is 2300. The molecular formula is C40H45N5O13. The first-order valence-corrected chi connectivity index (χ1v) is 18.2. The fraction of sp³-hybridized carbons (Fsp3) is 0.400. The number of benzene rings is 2. The average molecular weight is 804 g/mol. The second kappa shape index (κ2) is 14.8. The summed E-state index contributed by atoms with van der Waals surface area (Å²) in [5, 5.41) is 49.7. The summed E-state index contributed by atoms with van der Waals surface area (Å²) in [6, 6.07) is 8.61. The molecule has 2 aromatic carbocycles. The molecular weight excluding hydrogens is 758 g/mol. The third kappa shape index (κ3) is 6.87. The van der Waals surface area contributed by atoms with Gasteiger partial charge >= 0.3 is 12.1 Å². The van der Waals surface area contributed by atoms with Crippen molar-refractivity contribution >= 4 is 63.5 Å². The number of nitrogens with zero attached hydrogens (tertiary/aromatic N) is 3. The minimum atomic E-state index is -2.83. The number of carbonyl (C=O) groups is 6. The highest BCUT2D eigenvalue weighted by atomic mass is 16.7. The van der Waals surface area contributed by atoms with Gasteiger partial charge in [0.25, 0.3) is 5.91 Å². The molecule has 6 rings (SSSR count). The molecule has 1 saturated carbocycles. The highest BCUT2D eigenvalue weighted by molar-refractivity contribution is 6.24. The third-order valence-corrected chi connectivity index (χ3v) is 10.8. The molecule has 1 aromatic heterocycles. The van der Waals surface area contributed by atoms with Gasteiger partial charge in [0.15, 0.2) is 11.4 Å². The zero-order valence-corrected chi connectivity index (χ0v) is 32.9. The number of esters is 1. The number of aliphatic hydroxyl groups is 3. The van der Waals surface area contributed by atoms with Crippen molar-refractivity contribution in [3.05, 3.63) is 70.2 Å². The molecule has 3 aliphatic carbocycles. The normalized spacial score (nSPS) is 21.6. The van der Waals surface area contributed by atoms with Crippen LogP contribution < -0.4 is 16.0 Å². The lowest BCUT2D eigenvalue weighted by atomic mass is 9.57. The predicted octanol–water partition coefficient (Wildman–Crippen LogP) is 2.77. The number of aliphatic hydroxyl groups excluding tert-OH is 2. The maximum Gasteiger partial charge on any atom is 0.413 e. The lowest BCUT2D eigenvalue weighted by Crippen LogP contribution is -2.65. The van der Waals surface area contributed by atoms with Gasteiger partial charge in [0.05, 0.1) is 17.3 Å². The highest BCUT2D eigenvalue weighted by Crippen LogP contribution is 2.54. The van der Waals surface area contributed by atoms with Crippen LogP contribution in [0.1, 0.15) is 48.9 Å². The molecule has 3 aliphatic rings. The molecule has 1 fully saturated rings. The number of nitrogens with two attached hydrogens (primary N) is 1. The third-order valence-electron chi connectivity index (χ3n) is 10.8. The fourth-order valence-corrected chi connectivity index (χ4v) is 8.06. The summed E-state index contributed by atoms with van der Waals surface area (Å²) < 4.78 is 15.7. The zero-order valence-electron chi connectivity index (χ0n) is 32.9. The number of phenols is 1. The first-order valence-electron chi connectivity index (χ1n) is 18.2. The standard InChI is InChI=1S/C40H45N5O13/c1-39(2,3)45(38(54)57-17-56-37(53)25-14-18-10-8-9-11-24(18)58-25)16-26(46)42-22-15-23(43(4)5)20-12-19-13-21-30(44(6)7)33(49)29(36(41)52)35(51)40(21,55)34(50)27(19)32(48)28(20)31(22)47/h8-11,14-15,19,21,30,47-48,51,55H,12-13,16-17H2,1-7H3,(H2,41,52)(H,42,46)/t19-,21-,30-,40-/m0/s1. The number of ketones is 2. The van der Waals surface area contributed by atoms with Crippen molar-refractivity contribution in [1.29, 1.82) is 0 Å². The average Bonchev–Trinajstić information content (AvgIpc) is 3.57. The molecule has 308 valence electrons. The number of para-hydroxylation sites is 1. The number of hydrogen-bond donors (Lipinski definition) is 6. The van der Waals surface area contributed by atoms with Gasteiger partial charge in [0.2, 0.25) is 24.2 Å². The molecule has 3 amide bonds. The Morgan fingerprint density at radius 2 is 1.69 bits per heavy atom. The van der Waals surface area contributed by atoms with E-state index in [1.807, 2.05) is 0 Å². The van der Waals surface area contributed by atoms with E-state index in [-0.39, 0.29) is 35.4 Å². The summed E-state index contributed by atoms with van der Waals surface area (Å²) in [5.41, 5.74) is 1.09. The van der Waals surface area contributed by atoms with Crippen LogP contribution >= 0.6 is 0 Å². The van der Waals surface area contributed by atoms with Crippen LogP contribution in [0.25, 0.3) is 16.7 Å². The van der Waals surface area contributed by atoms with Crippen molar-refractivity contribution in [2.45, 2.75) is 50.8 Å². The molecule has 0 saturated heterocycles. The van der Waals surface area contributed by atoms with Crippen molar-refractivity contribution in [1.82, 2.24) is 9.80 Å². The number of carbonyl (C=O) groups excluding carboxylic acids is 6. The Kier molecular flexibility index (Phi) is 10.5. The second-order valence-electron chi connectivity index (χ2n) is 15.9. The Morgan fingerprint density at radius 1 is 1.02 bits per heavy atom. The number of rotatable bonds is 9. The van der Waals surface area contributed by atoms with E-state index in [1.165, 1.54) is 31.1 Å². The zero-order chi connectivity index (χ0) is 42.8. The number of furan rings is 1. The maximum absolute atomic E-state index is 14.3. The van der Waals surface area contributed by atoms with E-state index in [2.05, 4.69) is 5.32 Å². The smallest absolute Gasteiger partial charge is 0.413 e. The number of likely N-dealkylation sites (N-methyl/N-ethyl adjacent to an activating group) is 1. The van der Waals surface area contributed by atoms with Crippen LogP contribution in [-0.4, -0.2) is 124 Å². The molecule has 1 heterocycles. The lowest BCUT2D eigenvalue weighted by Gasteiger charge is -2.50. The van der Waals surface area contributed by atoms with Crippen molar-refractivity contribution < 1.29 is 63.1 Å². The van der Waals surface area contributed by atoms with E-state index in [0.29, 0.717) is 22.2 Å². The van der Waals surface area contributed by atoms with E-state index in [9.17, 15) is 49.2 Å². The van der Waals surface area contributed by atoms with E-state index < -0.39 is 101 Å². The lowest BCUT2D eigenvalue weighted by molar-refractivity contribution is -0.153. The summed E-state index contributed by atoms with van der Waals surface area (Å²) >= 11 is 0. The van der Waals surface area contributed by atoms with Crippen molar-refractivity contribution in [3.8, 4) is 5.75 Å². The topological polar surface area (TPSA) is 263 Å². The van der Waals surface area contributed by atoms with Crippen molar-refractivity contribution in [3.63, 3.8) is 0 Å². The van der Waals surface area contributed by atoms with Gasteiger partial charge in [0.1, 0.15) is 35.0 Å². The molecule has 7 N–H and O–H groups in total. The number of hydrogen-bond acceptors (Lipinski definition) is 15. The quantitative estimate of drug-likeness (QED) is 0.0786. The SMILES string of the molecule is CN(C)c1cc(NC(=O)CN(C(=O)OCOC(=O)c2cc3ccccc3o2)C(C)(C)C)c(O)c2c1C[C@H]1C[C@H]3[C@H](N(C)C)C(=O)C(C(N)=O)=C(O)[C@@]3(O)C(=O)C1=C2O. The van der Waals surface area contributed by atoms with Gasteiger partial charge in [-0.25, -0.2) is 9.59 Å². The summed E-state index contributed by atoms with van der Waals surface area (Å²) in [6.07, 6.45) is -1.09. The van der Waals surface area contributed by atoms with E-state index in [0.717, 1.165) is 4.90 Å².